The maximum absolute atomic E-state index is 14.9. The van der Waals surface area contributed by atoms with Gasteiger partial charge in [0.1, 0.15) is 5.82 Å². The van der Waals surface area contributed by atoms with Gasteiger partial charge in [-0.05, 0) is 29.3 Å². The lowest BCUT2D eigenvalue weighted by Gasteiger charge is -2.18. The van der Waals surface area contributed by atoms with E-state index in [1.165, 1.54) is 13.0 Å². The molecule has 2 amide bonds. The lowest BCUT2D eigenvalue weighted by Crippen LogP contribution is -2.29. The van der Waals surface area contributed by atoms with Gasteiger partial charge in [0.2, 0.25) is 11.8 Å². The van der Waals surface area contributed by atoms with Crippen molar-refractivity contribution in [2.75, 3.05) is 18.0 Å². The molecule has 1 atom stereocenters. The molecule has 1 saturated heterocycles. The summed E-state index contributed by atoms with van der Waals surface area (Å²) in [4.78, 5) is 25.1. The van der Waals surface area contributed by atoms with Gasteiger partial charge in [-0.2, -0.15) is 15.4 Å². The van der Waals surface area contributed by atoms with Gasteiger partial charge in [0, 0.05) is 56.7 Å². The summed E-state index contributed by atoms with van der Waals surface area (Å²) in [5.74, 6) is -0.532. The van der Waals surface area contributed by atoms with Gasteiger partial charge in [0.05, 0.1) is 11.9 Å². The molecule has 3 aromatic rings. The van der Waals surface area contributed by atoms with Crippen LogP contribution >= 0.6 is 0 Å². The van der Waals surface area contributed by atoms with Gasteiger partial charge >= 0.3 is 0 Å². The largest absolute Gasteiger partial charge is 0.356 e. The number of halogens is 1. The molecular formula is C23H25FN6O2. The first-order valence-corrected chi connectivity index (χ1v) is 10.5. The number of hydrogen-bond donors (Lipinski definition) is 3. The molecule has 4 rings (SSSR count). The first kappa shape index (κ1) is 21.6. The SMILES string of the molecule is CC(=O)NC[C@@H]1CC(=O)N(c2ccc(-c3ccc(CNCc4cn[nH]n4)cc3)c(F)c2)C1. The Hall–Kier alpha value is -3.59. The summed E-state index contributed by atoms with van der Waals surface area (Å²) < 4.78 is 14.9. The summed E-state index contributed by atoms with van der Waals surface area (Å²) >= 11 is 0. The molecular weight excluding hydrogens is 411 g/mol. The Balaban J connectivity index is 1.38. The second kappa shape index (κ2) is 9.69. The van der Waals surface area contributed by atoms with Crippen molar-refractivity contribution in [3.63, 3.8) is 0 Å². The zero-order valence-corrected chi connectivity index (χ0v) is 17.8. The molecule has 0 aliphatic carbocycles. The van der Waals surface area contributed by atoms with Crippen molar-refractivity contribution in [2.24, 2.45) is 5.92 Å². The van der Waals surface area contributed by atoms with Crippen molar-refractivity contribution in [3.8, 4) is 11.1 Å². The van der Waals surface area contributed by atoms with E-state index in [4.69, 9.17) is 0 Å². The van der Waals surface area contributed by atoms with Gasteiger partial charge in [0.25, 0.3) is 0 Å². The van der Waals surface area contributed by atoms with Crippen LogP contribution in [-0.2, 0) is 22.7 Å². The first-order valence-electron chi connectivity index (χ1n) is 10.5. The lowest BCUT2D eigenvalue weighted by molar-refractivity contribution is -0.120. The number of benzene rings is 2. The minimum absolute atomic E-state index is 0.0274. The van der Waals surface area contributed by atoms with Gasteiger partial charge in [-0.3, -0.25) is 9.59 Å². The molecule has 8 nitrogen and oxygen atoms in total. The van der Waals surface area contributed by atoms with Crippen molar-refractivity contribution in [1.82, 2.24) is 26.0 Å². The van der Waals surface area contributed by atoms with Gasteiger partial charge in [-0.15, -0.1) is 0 Å². The van der Waals surface area contributed by atoms with Crippen LogP contribution in [0.5, 0.6) is 0 Å². The number of hydrogen-bond acceptors (Lipinski definition) is 5. The van der Waals surface area contributed by atoms with Crippen LogP contribution in [0.15, 0.2) is 48.7 Å². The van der Waals surface area contributed by atoms with Crippen LogP contribution in [0, 0.1) is 11.7 Å². The van der Waals surface area contributed by atoms with E-state index in [9.17, 15) is 14.0 Å². The minimum Gasteiger partial charge on any atom is -0.356 e. The average molecular weight is 436 g/mol. The van der Waals surface area contributed by atoms with Crippen molar-refractivity contribution < 1.29 is 14.0 Å². The fourth-order valence-electron chi connectivity index (χ4n) is 3.81. The lowest BCUT2D eigenvalue weighted by atomic mass is 10.0. The van der Waals surface area contributed by atoms with Crippen LogP contribution in [0.4, 0.5) is 10.1 Å². The number of rotatable bonds is 8. The van der Waals surface area contributed by atoms with Crippen molar-refractivity contribution in [3.05, 3.63) is 65.7 Å². The Morgan fingerprint density at radius 3 is 2.72 bits per heavy atom. The summed E-state index contributed by atoms with van der Waals surface area (Å²) in [6, 6.07) is 12.6. The monoisotopic (exact) mass is 436 g/mol. The Morgan fingerprint density at radius 1 is 1.22 bits per heavy atom. The quantitative estimate of drug-likeness (QED) is 0.503. The molecule has 1 aliphatic rings. The van der Waals surface area contributed by atoms with Crippen LogP contribution in [0.3, 0.4) is 0 Å². The molecule has 0 radical (unpaired) electrons. The highest BCUT2D eigenvalue weighted by molar-refractivity contribution is 5.96. The number of H-pyrrole nitrogens is 1. The second-order valence-corrected chi connectivity index (χ2v) is 7.94. The molecule has 0 spiro atoms. The van der Waals surface area contributed by atoms with E-state index in [0.717, 1.165) is 16.8 Å². The Morgan fingerprint density at radius 2 is 2.03 bits per heavy atom. The van der Waals surface area contributed by atoms with E-state index in [1.807, 2.05) is 24.3 Å². The number of carbonyl (C=O) groups excluding carboxylic acids is 2. The highest BCUT2D eigenvalue weighted by Crippen LogP contribution is 2.30. The normalized spacial score (nSPS) is 15.9. The van der Waals surface area contributed by atoms with Crippen molar-refractivity contribution in [1.29, 1.82) is 0 Å². The third kappa shape index (κ3) is 5.17. The number of aromatic nitrogens is 3. The predicted molar refractivity (Wildman–Crippen MR) is 118 cm³/mol. The summed E-state index contributed by atoms with van der Waals surface area (Å²) in [6.07, 6.45) is 2.01. The molecule has 2 heterocycles. The van der Waals surface area contributed by atoms with Crippen LogP contribution in [0.1, 0.15) is 24.6 Å². The number of nitrogens with zero attached hydrogens (tertiary/aromatic N) is 3. The van der Waals surface area contributed by atoms with Gasteiger partial charge in [-0.25, -0.2) is 4.39 Å². The number of carbonyl (C=O) groups is 2. The van der Waals surface area contributed by atoms with E-state index in [1.54, 1.807) is 23.2 Å². The number of aromatic amines is 1. The van der Waals surface area contributed by atoms with Crippen LogP contribution in [0.2, 0.25) is 0 Å². The average Bonchev–Trinajstić information content (AvgIpc) is 3.42. The molecule has 0 bridgehead atoms. The van der Waals surface area contributed by atoms with Crippen LogP contribution in [-0.4, -0.2) is 40.3 Å². The summed E-state index contributed by atoms with van der Waals surface area (Å²) in [7, 11) is 0. The van der Waals surface area contributed by atoms with Crippen molar-refractivity contribution >= 4 is 17.5 Å². The molecule has 2 aromatic carbocycles. The highest BCUT2D eigenvalue weighted by Gasteiger charge is 2.31. The Bertz CT molecular complexity index is 1080. The second-order valence-electron chi connectivity index (χ2n) is 7.94. The first-order chi connectivity index (χ1) is 15.5. The molecule has 32 heavy (non-hydrogen) atoms. The van der Waals surface area contributed by atoms with E-state index < -0.39 is 0 Å². The van der Waals surface area contributed by atoms with Gasteiger partial charge in [-0.1, -0.05) is 24.3 Å². The summed E-state index contributed by atoms with van der Waals surface area (Å²) in [5.41, 5.74) is 3.70. The summed E-state index contributed by atoms with van der Waals surface area (Å²) in [5, 5.41) is 16.4. The standard InChI is InChI=1S/C23H25FN6O2/c1-15(31)26-11-17-8-23(32)30(14-17)20-6-7-21(22(24)9-20)18-4-2-16(3-5-18)10-25-12-19-13-27-29-28-19/h2-7,9,13,17,25H,8,10-12,14H2,1H3,(H,26,31)(H,27,28,29)/t17-/m0/s1. The summed E-state index contributed by atoms with van der Waals surface area (Å²) in [6.45, 7) is 3.62. The van der Waals surface area contributed by atoms with Gasteiger partial charge < -0.3 is 15.5 Å². The molecule has 1 aromatic heterocycles. The number of anilines is 1. The maximum atomic E-state index is 14.9. The maximum Gasteiger partial charge on any atom is 0.227 e. The smallest absolute Gasteiger partial charge is 0.227 e. The molecule has 166 valence electrons. The molecule has 1 aliphatic heterocycles. The zero-order valence-electron chi connectivity index (χ0n) is 17.8. The van der Waals surface area contributed by atoms with Crippen LogP contribution in [0.25, 0.3) is 11.1 Å². The fraction of sp³-hybridized carbons (Fsp3) is 0.304. The van der Waals surface area contributed by atoms with E-state index in [0.29, 0.717) is 43.9 Å². The number of nitrogens with one attached hydrogen (secondary N) is 3. The van der Waals surface area contributed by atoms with E-state index in [-0.39, 0.29) is 23.5 Å². The molecule has 9 heteroatoms. The topological polar surface area (TPSA) is 103 Å². The molecule has 0 saturated carbocycles. The molecule has 3 N–H and O–H groups in total. The van der Waals surface area contributed by atoms with Crippen LogP contribution < -0.4 is 15.5 Å². The minimum atomic E-state index is -0.377. The third-order valence-corrected chi connectivity index (χ3v) is 5.47. The van der Waals surface area contributed by atoms with E-state index >= 15 is 0 Å². The molecule has 0 unspecified atom stereocenters. The predicted octanol–water partition coefficient (Wildman–Crippen LogP) is 2.39. The highest BCUT2D eigenvalue weighted by atomic mass is 19.1. The van der Waals surface area contributed by atoms with Gasteiger partial charge in [0.15, 0.2) is 0 Å². The number of amides is 2. The van der Waals surface area contributed by atoms with E-state index in [2.05, 4.69) is 26.0 Å². The zero-order chi connectivity index (χ0) is 22.5. The fourth-order valence-corrected chi connectivity index (χ4v) is 3.81. The third-order valence-electron chi connectivity index (χ3n) is 5.47. The van der Waals surface area contributed by atoms with Crippen molar-refractivity contribution in [2.45, 2.75) is 26.4 Å². The molecule has 1 fully saturated rings. The Labute approximate surface area is 185 Å². The Kier molecular flexibility index (Phi) is 6.55.